The zero-order valence-electron chi connectivity index (χ0n) is 24.7. The first kappa shape index (κ1) is 31.4. The predicted octanol–water partition coefficient (Wildman–Crippen LogP) is 8.29. The van der Waals surface area contributed by atoms with E-state index in [2.05, 4.69) is 90.9 Å². The van der Waals surface area contributed by atoms with Crippen molar-refractivity contribution >= 4 is 22.6 Å². The van der Waals surface area contributed by atoms with Gasteiger partial charge in [0, 0.05) is 0 Å². The number of benzene rings is 2. The molecule has 0 aliphatic heterocycles. The Hall–Kier alpha value is -1.78. The van der Waals surface area contributed by atoms with Gasteiger partial charge in [-0.1, -0.05) is 102 Å². The summed E-state index contributed by atoms with van der Waals surface area (Å²) in [6.45, 7) is 19.9. The second-order valence-corrected chi connectivity index (χ2v) is 20.9. The molecule has 2 rings (SSSR count). The summed E-state index contributed by atoms with van der Waals surface area (Å²) in [7, 11) is -3.03. The lowest BCUT2D eigenvalue weighted by Gasteiger charge is -2.47. The Labute approximate surface area is 227 Å². The van der Waals surface area contributed by atoms with E-state index in [4.69, 9.17) is 13.7 Å². The smallest absolute Gasteiger partial charge is 0.335 e. The van der Waals surface area contributed by atoms with Crippen LogP contribution < -0.4 is 0 Å². The maximum Gasteiger partial charge on any atom is 0.335 e. The zero-order valence-corrected chi connectivity index (χ0v) is 26.7. The van der Waals surface area contributed by atoms with Gasteiger partial charge in [0.05, 0.1) is 19.2 Å². The lowest BCUT2D eigenvalue weighted by molar-refractivity contribution is -0.184. The van der Waals surface area contributed by atoms with E-state index in [1.54, 1.807) is 0 Å². The summed E-state index contributed by atoms with van der Waals surface area (Å²) in [5, 5.41) is 2.03. The predicted molar refractivity (Wildman–Crippen MR) is 158 cm³/mol. The zero-order chi connectivity index (χ0) is 27.9. The molecule has 0 radical (unpaired) electrons. The van der Waals surface area contributed by atoms with Gasteiger partial charge in [0.2, 0.25) is 8.32 Å². The van der Waals surface area contributed by atoms with Gasteiger partial charge in [-0.25, -0.2) is 4.79 Å². The van der Waals surface area contributed by atoms with Crippen molar-refractivity contribution in [1.29, 1.82) is 0 Å². The molecule has 0 aliphatic carbocycles. The molecule has 0 unspecified atom stereocenters. The van der Waals surface area contributed by atoms with E-state index in [0.29, 0.717) is 0 Å². The fourth-order valence-electron chi connectivity index (χ4n) is 4.39. The molecule has 0 aliphatic rings. The van der Waals surface area contributed by atoms with E-state index in [-0.39, 0.29) is 17.0 Å². The molecule has 0 fully saturated rings. The molecule has 0 heterocycles. The van der Waals surface area contributed by atoms with Crippen LogP contribution in [0.4, 0.5) is 0 Å². The molecule has 3 atom stereocenters. The van der Waals surface area contributed by atoms with Crippen molar-refractivity contribution in [3.63, 3.8) is 0 Å². The van der Waals surface area contributed by atoms with Gasteiger partial charge >= 0.3 is 5.97 Å². The molecule has 2 aromatic rings. The molecule has 0 bridgehead atoms. The summed E-state index contributed by atoms with van der Waals surface area (Å²) < 4.78 is 19.5. The highest BCUT2D eigenvalue weighted by atomic mass is 28.4. The normalized spacial score (nSPS) is 15.3. The molecule has 0 spiro atoms. The highest BCUT2D eigenvalue weighted by Crippen LogP contribution is 2.43. The van der Waals surface area contributed by atoms with Crippen molar-refractivity contribution in [3.8, 4) is 0 Å². The molecule has 206 valence electrons. The van der Waals surface area contributed by atoms with Crippen LogP contribution in [0.15, 0.2) is 60.7 Å². The average molecular weight is 544 g/mol. The summed E-state index contributed by atoms with van der Waals surface area (Å²) in [5.74, 6) is -0.356. The van der Waals surface area contributed by atoms with Crippen LogP contribution in [-0.2, 0) is 18.5 Å². The van der Waals surface area contributed by atoms with E-state index in [9.17, 15) is 4.79 Å². The molecule has 7 heteroatoms. The molecule has 5 nitrogen and oxygen atoms in total. The third-order valence-electron chi connectivity index (χ3n) is 8.25. The molecule has 2 aromatic carbocycles. The Balaban J connectivity index is 2.80. The van der Waals surface area contributed by atoms with Crippen LogP contribution in [0.3, 0.4) is 0 Å². The fraction of sp³-hybridized carbons (Fsp3) is 0.567. The van der Waals surface area contributed by atoms with Gasteiger partial charge < -0.3 is 13.7 Å². The van der Waals surface area contributed by atoms with Crippen LogP contribution in [-0.4, -0.2) is 40.9 Å². The van der Waals surface area contributed by atoms with E-state index >= 15 is 0 Å². The standard InChI is InChI=1S/C30H49NO4Si2/c1-11-37(12-2,13-3)34-28(29(32)33-8)27(26-22-18-15-19-23-26)31(35-36(9,10)30(5,6)7)24(4)25-20-16-14-17-21-25/h14-24,27-28H,11-13H2,1-10H3/t24-,27+,28+/m1/s1. The Morgan fingerprint density at radius 1 is 0.865 bits per heavy atom. The number of rotatable bonds is 13. The van der Waals surface area contributed by atoms with Crippen LogP contribution in [0.1, 0.15) is 71.7 Å². The van der Waals surface area contributed by atoms with Crippen molar-refractivity contribution in [1.82, 2.24) is 5.06 Å². The molecule has 37 heavy (non-hydrogen) atoms. The van der Waals surface area contributed by atoms with Crippen molar-refractivity contribution in [2.45, 2.75) is 103 Å². The van der Waals surface area contributed by atoms with E-state index in [1.807, 2.05) is 36.4 Å². The number of nitrogens with zero attached hydrogens (tertiary/aromatic N) is 1. The molecule has 0 amide bonds. The van der Waals surface area contributed by atoms with Crippen molar-refractivity contribution in [2.24, 2.45) is 0 Å². The lowest BCUT2D eigenvalue weighted by Crippen LogP contribution is -2.54. The Bertz CT molecular complexity index is 950. The Morgan fingerprint density at radius 3 is 1.73 bits per heavy atom. The molecule has 0 saturated carbocycles. The third kappa shape index (κ3) is 7.63. The minimum atomic E-state index is -2.30. The number of hydroxylamine groups is 2. The lowest BCUT2D eigenvalue weighted by atomic mass is 9.98. The minimum Gasteiger partial charge on any atom is -0.467 e. The number of hydrogen-bond donors (Lipinski definition) is 0. The third-order valence-corrected chi connectivity index (χ3v) is 17.1. The van der Waals surface area contributed by atoms with Gasteiger partial charge in [0.15, 0.2) is 14.4 Å². The summed E-state index contributed by atoms with van der Waals surface area (Å²) in [5.41, 5.74) is 2.10. The number of carbonyl (C=O) groups excluding carboxylic acids is 1. The van der Waals surface area contributed by atoms with Crippen molar-refractivity contribution in [2.75, 3.05) is 7.11 Å². The number of ether oxygens (including phenoxy) is 1. The van der Waals surface area contributed by atoms with Crippen molar-refractivity contribution in [3.05, 3.63) is 71.8 Å². The fourth-order valence-corrected chi connectivity index (χ4v) is 8.22. The maximum absolute atomic E-state index is 13.6. The van der Waals surface area contributed by atoms with Crippen LogP contribution in [0.25, 0.3) is 0 Å². The highest BCUT2D eigenvalue weighted by molar-refractivity contribution is 6.74. The Morgan fingerprint density at radius 2 is 1.32 bits per heavy atom. The quantitative estimate of drug-likeness (QED) is 0.144. The van der Waals surface area contributed by atoms with Gasteiger partial charge in [-0.15, -0.1) is 0 Å². The average Bonchev–Trinajstić information content (AvgIpc) is 2.90. The van der Waals surface area contributed by atoms with Crippen LogP contribution in [0.5, 0.6) is 0 Å². The summed E-state index contributed by atoms with van der Waals surface area (Å²) in [6.07, 6.45) is -0.810. The topological polar surface area (TPSA) is 48.0 Å². The second-order valence-electron chi connectivity index (χ2n) is 11.5. The molecular weight excluding hydrogens is 495 g/mol. The number of methoxy groups -OCH3 is 1. The number of esters is 1. The largest absolute Gasteiger partial charge is 0.467 e. The number of hydrogen-bond acceptors (Lipinski definition) is 5. The monoisotopic (exact) mass is 543 g/mol. The van der Waals surface area contributed by atoms with Gasteiger partial charge in [-0.2, -0.15) is 5.06 Å². The first-order valence-corrected chi connectivity index (χ1v) is 19.1. The van der Waals surface area contributed by atoms with E-state index < -0.39 is 28.8 Å². The van der Waals surface area contributed by atoms with Gasteiger partial charge in [0.1, 0.15) is 0 Å². The SMILES string of the molecule is CC[Si](CC)(CC)O[C@H](C(=O)OC)[C@H](c1ccccc1)N(O[Si](C)(C)C(C)(C)C)[C@H](C)c1ccccc1. The highest BCUT2D eigenvalue weighted by Gasteiger charge is 2.47. The van der Waals surface area contributed by atoms with Crippen LogP contribution >= 0.6 is 0 Å². The Kier molecular flexibility index (Phi) is 11.3. The summed E-state index contributed by atoms with van der Waals surface area (Å²) in [4.78, 5) is 13.6. The first-order valence-electron chi connectivity index (χ1n) is 13.7. The van der Waals surface area contributed by atoms with Gasteiger partial charge in [-0.05, 0) is 54.3 Å². The van der Waals surface area contributed by atoms with Crippen molar-refractivity contribution < 1.29 is 18.5 Å². The van der Waals surface area contributed by atoms with E-state index in [1.165, 1.54) is 7.11 Å². The second kappa shape index (κ2) is 13.3. The first-order chi connectivity index (χ1) is 17.4. The molecule has 0 saturated heterocycles. The maximum atomic E-state index is 13.6. The number of carbonyl (C=O) groups is 1. The van der Waals surface area contributed by atoms with Gasteiger partial charge in [-0.3, -0.25) is 0 Å². The summed E-state index contributed by atoms with van der Waals surface area (Å²) in [6, 6.07) is 22.7. The molecule has 0 N–H and O–H groups in total. The minimum absolute atomic E-state index is 0.0285. The van der Waals surface area contributed by atoms with Crippen LogP contribution in [0, 0.1) is 0 Å². The van der Waals surface area contributed by atoms with Crippen LogP contribution in [0.2, 0.25) is 36.3 Å². The molecular formula is C30H49NO4Si2. The summed E-state index contributed by atoms with van der Waals surface area (Å²) >= 11 is 0. The van der Waals surface area contributed by atoms with E-state index in [0.717, 1.165) is 29.3 Å². The van der Waals surface area contributed by atoms with Gasteiger partial charge in [0.25, 0.3) is 0 Å². The molecule has 0 aromatic heterocycles.